The van der Waals surface area contributed by atoms with Crippen LogP contribution < -0.4 is 10.5 Å². The van der Waals surface area contributed by atoms with Crippen molar-refractivity contribution in [3.63, 3.8) is 0 Å². The summed E-state index contributed by atoms with van der Waals surface area (Å²) in [7, 11) is -3.81. The molecule has 0 bridgehead atoms. The van der Waals surface area contributed by atoms with Gasteiger partial charge in [0.05, 0.1) is 16.0 Å². The molecule has 3 N–H and O–H groups in total. The second-order valence-electron chi connectivity index (χ2n) is 7.07. The molecule has 158 valence electrons. The van der Waals surface area contributed by atoms with Gasteiger partial charge in [-0.3, -0.25) is 0 Å². The first kappa shape index (κ1) is 19.9. The molecule has 0 unspecified atom stereocenters. The Balaban J connectivity index is 1.49. The highest BCUT2D eigenvalue weighted by atomic mass is 32.2. The molecule has 5 rings (SSSR count). The van der Waals surface area contributed by atoms with Crippen molar-refractivity contribution in [1.29, 1.82) is 0 Å². The molecule has 0 saturated heterocycles. The number of hydrogen-bond donors (Lipinski definition) is 2. The highest BCUT2D eigenvalue weighted by molar-refractivity contribution is 7.89. The summed E-state index contributed by atoms with van der Waals surface area (Å²) < 4.78 is 28.8. The first-order chi connectivity index (χ1) is 15.5. The third-order valence-electron chi connectivity index (χ3n) is 4.88. The zero-order valence-electron chi connectivity index (χ0n) is 16.6. The van der Waals surface area contributed by atoms with Crippen LogP contribution in [-0.2, 0) is 10.0 Å². The fraction of sp³-hybridized carbons (Fsp3) is 0. The Labute approximate surface area is 183 Å². The number of nitrogens with zero attached hydrogens (tertiary/aromatic N) is 3. The van der Waals surface area contributed by atoms with E-state index in [0.29, 0.717) is 23.1 Å². The summed E-state index contributed by atoms with van der Waals surface area (Å²) >= 11 is 0. The average Bonchev–Trinajstić information content (AvgIpc) is 3.23. The lowest BCUT2D eigenvalue weighted by Gasteiger charge is -2.08. The second-order valence-corrected chi connectivity index (χ2v) is 8.63. The SMILES string of the molecule is NS(=O)(=O)c1cccc(Nc2nccc(-c3ccc4noc(-c5ccccc5)c4c3)n2)c1. The van der Waals surface area contributed by atoms with Crippen LogP contribution in [0.15, 0.2) is 94.5 Å². The van der Waals surface area contributed by atoms with Crippen LogP contribution in [-0.4, -0.2) is 23.5 Å². The predicted molar refractivity (Wildman–Crippen MR) is 122 cm³/mol. The zero-order valence-corrected chi connectivity index (χ0v) is 17.5. The van der Waals surface area contributed by atoms with Crippen molar-refractivity contribution < 1.29 is 12.9 Å². The third kappa shape index (κ3) is 3.94. The van der Waals surface area contributed by atoms with Crippen molar-refractivity contribution in [3.05, 3.63) is 85.1 Å². The molecule has 2 aromatic heterocycles. The van der Waals surface area contributed by atoms with E-state index in [4.69, 9.17) is 9.66 Å². The van der Waals surface area contributed by atoms with E-state index in [9.17, 15) is 8.42 Å². The van der Waals surface area contributed by atoms with Gasteiger partial charge in [-0.05, 0) is 36.4 Å². The van der Waals surface area contributed by atoms with Gasteiger partial charge in [0.1, 0.15) is 5.52 Å². The maximum absolute atomic E-state index is 11.6. The molecule has 3 aromatic carbocycles. The number of primary sulfonamides is 1. The van der Waals surface area contributed by atoms with E-state index in [1.165, 1.54) is 12.1 Å². The topological polar surface area (TPSA) is 124 Å². The number of anilines is 2. The van der Waals surface area contributed by atoms with Crippen molar-refractivity contribution >= 4 is 32.6 Å². The van der Waals surface area contributed by atoms with Crippen molar-refractivity contribution in [1.82, 2.24) is 15.1 Å². The molecule has 0 fully saturated rings. The number of nitrogens with one attached hydrogen (secondary N) is 1. The van der Waals surface area contributed by atoms with E-state index in [2.05, 4.69) is 20.4 Å². The molecule has 0 spiro atoms. The molecule has 8 nitrogen and oxygen atoms in total. The summed E-state index contributed by atoms with van der Waals surface area (Å²) in [5.41, 5.74) is 3.75. The fourth-order valence-corrected chi connectivity index (χ4v) is 3.92. The Morgan fingerprint density at radius 3 is 2.53 bits per heavy atom. The van der Waals surface area contributed by atoms with Gasteiger partial charge in [0, 0.05) is 23.0 Å². The van der Waals surface area contributed by atoms with Crippen LogP contribution in [0.1, 0.15) is 0 Å². The van der Waals surface area contributed by atoms with E-state index in [-0.39, 0.29) is 4.90 Å². The molecule has 0 aliphatic carbocycles. The highest BCUT2D eigenvalue weighted by Gasteiger charge is 2.13. The smallest absolute Gasteiger partial charge is 0.238 e. The number of sulfonamides is 1. The number of aromatic nitrogens is 3. The first-order valence-electron chi connectivity index (χ1n) is 9.65. The first-order valence-corrected chi connectivity index (χ1v) is 11.2. The molecule has 9 heteroatoms. The molecule has 0 atom stereocenters. The lowest BCUT2D eigenvalue weighted by Crippen LogP contribution is -2.12. The number of rotatable bonds is 5. The largest absolute Gasteiger partial charge is 0.355 e. The highest BCUT2D eigenvalue weighted by Crippen LogP contribution is 2.32. The van der Waals surface area contributed by atoms with Crippen LogP contribution in [0.5, 0.6) is 0 Å². The van der Waals surface area contributed by atoms with Crippen molar-refractivity contribution in [2.75, 3.05) is 5.32 Å². The molecule has 5 aromatic rings. The number of fused-ring (bicyclic) bond motifs is 1. The van der Waals surface area contributed by atoms with Crippen LogP contribution in [0.3, 0.4) is 0 Å². The molecule has 32 heavy (non-hydrogen) atoms. The Bertz CT molecular complexity index is 1530. The number of hydrogen-bond acceptors (Lipinski definition) is 7. The average molecular weight is 443 g/mol. The Kier molecular flexibility index (Phi) is 4.89. The number of nitrogens with two attached hydrogens (primary N) is 1. The van der Waals surface area contributed by atoms with Gasteiger partial charge in [-0.15, -0.1) is 0 Å². The third-order valence-corrected chi connectivity index (χ3v) is 5.79. The van der Waals surface area contributed by atoms with Gasteiger partial charge in [-0.2, -0.15) is 0 Å². The van der Waals surface area contributed by atoms with E-state index < -0.39 is 10.0 Å². The molecule has 0 aliphatic heterocycles. The molecule has 2 heterocycles. The quantitative estimate of drug-likeness (QED) is 0.414. The summed E-state index contributed by atoms with van der Waals surface area (Å²) in [6.07, 6.45) is 1.63. The predicted octanol–water partition coefficient (Wildman–Crippen LogP) is 4.34. The summed E-state index contributed by atoms with van der Waals surface area (Å²) in [6.45, 7) is 0. The summed E-state index contributed by atoms with van der Waals surface area (Å²) in [6, 6.07) is 23.5. The number of benzene rings is 3. The second kappa shape index (κ2) is 7.88. The van der Waals surface area contributed by atoms with Gasteiger partial charge < -0.3 is 9.84 Å². The van der Waals surface area contributed by atoms with E-state index in [1.807, 2.05) is 48.5 Å². The minimum Gasteiger partial charge on any atom is -0.355 e. The molecular weight excluding hydrogens is 426 g/mol. The van der Waals surface area contributed by atoms with Crippen LogP contribution in [0, 0.1) is 0 Å². The van der Waals surface area contributed by atoms with Gasteiger partial charge in [-0.1, -0.05) is 47.6 Å². The van der Waals surface area contributed by atoms with Crippen LogP contribution in [0.2, 0.25) is 0 Å². The van der Waals surface area contributed by atoms with Gasteiger partial charge in [0.2, 0.25) is 16.0 Å². The molecule has 0 saturated carbocycles. The molecule has 0 radical (unpaired) electrons. The summed E-state index contributed by atoms with van der Waals surface area (Å²) in [5.74, 6) is 1.01. The van der Waals surface area contributed by atoms with E-state index in [0.717, 1.165) is 22.0 Å². The van der Waals surface area contributed by atoms with Crippen molar-refractivity contribution in [3.8, 4) is 22.6 Å². The Morgan fingerprint density at radius 1 is 0.875 bits per heavy atom. The standard InChI is InChI=1S/C23H17N5O3S/c24-32(29,30)18-8-4-7-17(14-18)26-23-25-12-11-20(27-23)16-9-10-21-19(13-16)22(31-28-21)15-5-2-1-3-6-15/h1-14H,(H2,24,29,30)(H,25,26,27). The molecule has 0 aliphatic rings. The summed E-state index contributed by atoms with van der Waals surface area (Å²) in [5, 5.41) is 13.3. The lowest BCUT2D eigenvalue weighted by atomic mass is 10.0. The van der Waals surface area contributed by atoms with E-state index >= 15 is 0 Å². The Hall–Kier alpha value is -4.08. The Morgan fingerprint density at radius 2 is 1.72 bits per heavy atom. The lowest BCUT2D eigenvalue weighted by molar-refractivity contribution is 0.441. The van der Waals surface area contributed by atoms with Crippen LogP contribution in [0.4, 0.5) is 11.6 Å². The summed E-state index contributed by atoms with van der Waals surface area (Å²) in [4.78, 5) is 8.81. The minimum atomic E-state index is -3.81. The zero-order chi connectivity index (χ0) is 22.1. The van der Waals surface area contributed by atoms with E-state index in [1.54, 1.807) is 24.4 Å². The monoisotopic (exact) mass is 443 g/mol. The van der Waals surface area contributed by atoms with Crippen molar-refractivity contribution in [2.24, 2.45) is 5.14 Å². The van der Waals surface area contributed by atoms with Crippen molar-refractivity contribution in [2.45, 2.75) is 4.90 Å². The molecule has 0 amide bonds. The van der Waals surface area contributed by atoms with Gasteiger partial charge in [-0.25, -0.2) is 23.5 Å². The fourth-order valence-electron chi connectivity index (χ4n) is 3.36. The molecular formula is C23H17N5O3S. The van der Waals surface area contributed by atoms with Gasteiger partial charge in [0.25, 0.3) is 0 Å². The van der Waals surface area contributed by atoms with Gasteiger partial charge in [0.15, 0.2) is 5.76 Å². The van der Waals surface area contributed by atoms with Gasteiger partial charge >= 0.3 is 0 Å². The maximum Gasteiger partial charge on any atom is 0.238 e. The van der Waals surface area contributed by atoms with Crippen LogP contribution in [0.25, 0.3) is 33.5 Å². The normalized spacial score (nSPS) is 11.5. The maximum atomic E-state index is 11.6. The minimum absolute atomic E-state index is 0.00463. The van der Waals surface area contributed by atoms with Crippen LogP contribution >= 0.6 is 0 Å².